The summed E-state index contributed by atoms with van der Waals surface area (Å²) in [6, 6.07) is 6.58. The van der Waals surface area contributed by atoms with E-state index in [0.29, 0.717) is 31.7 Å². The molecule has 0 bridgehead atoms. The molecule has 1 aromatic rings. The van der Waals surface area contributed by atoms with Crippen LogP contribution in [0.5, 0.6) is 0 Å². The van der Waals surface area contributed by atoms with Crippen molar-refractivity contribution >= 4 is 23.9 Å². The van der Waals surface area contributed by atoms with E-state index in [1.165, 1.54) is 12.0 Å². The van der Waals surface area contributed by atoms with Gasteiger partial charge < -0.3 is 24.6 Å². The fourth-order valence-electron chi connectivity index (χ4n) is 2.58. The van der Waals surface area contributed by atoms with E-state index < -0.39 is 18.0 Å². The van der Waals surface area contributed by atoms with Crippen molar-refractivity contribution in [2.45, 2.75) is 6.61 Å². The molecule has 28 heavy (non-hydrogen) atoms. The zero-order valence-electron chi connectivity index (χ0n) is 15.7. The summed E-state index contributed by atoms with van der Waals surface area (Å²) in [6.45, 7) is 4.73. The van der Waals surface area contributed by atoms with Crippen molar-refractivity contribution in [3.8, 4) is 0 Å². The van der Waals surface area contributed by atoms with Crippen LogP contribution in [0.1, 0.15) is 15.9 Å². The molecule has 0 aromatic heterocycles. The third-order valence-corrected chi connectivity index (χ3v) is 4.23. The topological polar surface area (TPSA) is 105 Å². The van der Waals surface area contributed by atoms with E-state index in [9.17, 15) is 19.2 Å². The van der Waals surface area contributed by atoms with Crippen LogP contribution in [0, 0.1) is 0 Å². The van der Waals surface area contributed by atoms with Gasteiger partial charge in [-0.25, -0.2) is 9.59 Å². The predicted molar refractivity (Wildman–Crippen MR) is 99.3 cm³/mol. The second kappa shape index (κ2) is 10.1. The number of benzene rings is 1. The second-order valence-corrected chi connectivity index (χ2v) is 6.03. The van der Waals surface area contributed by atoms with E-state index in [-0.39, 0.29) is 19.1 Å². The maximum absolute atomic E-state index is 12.2. The molecular formula is C19H23N3O6. The number of carbonyl (C=O) groups excluding carboxylic acids is 4. The molecule has 3 amide bonds. The van der Waals surface area contributed by atoms with E-state index in [4.69, 9.17) is 4.74 Å². The Morgan fingerprint density at radius 3 is 2.25 bits per heavy atom. The van der Waals surface area contributed by atoms with Gasteiger partial charge in [0.1, 0.15) is 6.61 Å². The van der Waals surface area contributed by atoms with E-state index >= 15 is 0 Å². The highest BCUT2D eigenvalue weighted by molar-refractivity contribution is 5.91. The van der Waals surface area contributed by atoms with Gasteiger partial charge in [0.2, 0.25) is 11.8 Å². The van der Waals surface area contributed by atoms with Crippen molar-refractivity contribution in [2.75, 3.05) is 39.8 Å². The molecule has 1 aliphatic heterocycles. The Kier molecular flexibility index (Phi) is 7.55. The molecular weight excluding hydrogens is 366 g/mol. The lowest BCUT2D eigenvalue weighted by molar-refractivity contribution is -0.133. The molecule has 1 aliphatic rings. The molecule has 9 heteroatoms. The third kappa shape index (κ3) is 5.83. The summed E-state index contributed by atoms with van der Waals surface area (Å²) < 4.78 is 9.91. The summed E-state index contributed by atoms with van der Waals surface area (Å²) in [5, 5.41) is 2.43. The first-order chi connectivity index (χ1) is 13.4. The molecule has 0 radical (unpaired) electrons. The Balaban J connectivity index is 1.74. The Morgan fingerprint density at radius 1 is 1.07 bits per heavy atom. The van der Waals surface area contributed by atoms with E-state index in [1.807, 2.05) is 0 Å². The number of ether oxygens (including phenoxy) is 2. The van der Waals surface area contributed by atoms with Crippen LogP contribution in [0.4, 0.5) is 4.79 Å². The smallest absolute Gasteiger partial charge is 0.410 e. The lowest BCUT2D eigenvalue weighted by Crippen LogP contribution is -2.52. The molecule has 1 heterocycles. The number of rotatable bonds is 6. The molecule has 1 fully saturated rings. The molecule has 0 saturated carbocycles. The highest BCUT2D eigenvalue weighted by atomic mass is 16.6. The molecule has 0 unspecified atom stereocenters. The van der Waals surface area contributed by atoms with E-state index in [0.717, 1.165) is 11.6 Å². The predicted octanol–water partition coefficient (Wildman–Crippen LogP) is 0.556. The minimum Gasteiger partial charge on any atom is -0.465 e. The maximum atomic E-state index is 12.2. The standard InChI is InChI=1S/C19H23N3O6/c1-3-16(23)20-12-17(24)21-8-10-22(11-9-21)19(26)28-13-14-4-6-15(7-5-14)18(25)27-2/h3-7H,1,8-13H2,2H3,(H,20,23). The first-order valence-electron chi connectivity index (χ1n) is 8.71. The van der Waals surface area contributed by atoms with Gasteiger partial charge in [-0.05, 0) is 23.8 Å². The van der Waals surface area contributed by atoms with Crippen molar-refractivity contribution in [3.63, 3.8) is 0 Å². The number of piperazine rings is 1. The normalized spacial score (nSPS) is 13.5. The molecule has 1 N–H and O–H groups in total. The summed E-state index contributed by atoms with van der Waals surface area (Å²) in [5.41, 5.74) is 1.16. The Labute approximate surface area is 162 Å². The van der Waals surface area contributed by atoms with Crippen LogP contribution in [0.25, 0.3) is 0 Å². The number of nitrogens with zero attached hydrogens (tertiary/aromatic N) is 2. The van der Waals surface area contributed by atoms with Gasteiger partial charge in [0, 0.05) is 26.2 Å². The number of amides is 3. The molecule has 0 spiro atoms. The molecule has 9 nitrogen and oxygen atoms in total. The SMILES string of the molecule is C=CC(=O)NCC(=O)N1CCN(C(=O)OCc2ccc(C(=O)OC)cc2)CC1. The van der Waals surface area contributed by atoms with Gasteiger partial charge >= 0.3 is 12.1 Å². The second-order valence-electron chi connectivity index (χ2n) is 6.03. The van der Waals surface area contributed by atoms with Gasteiger partial charge in [0.15, 0.2) is 0 Å². The van der Waals surface area contributed by atoms with Crippen molar-refractivity contribution in [1.29, 1.82) is 0 Å². The van der Waals surface area contributed by atoms with Gasteiger partial charge in [0.25, 0.3) is 0 Å². The Bertz CT molecular complexity index is 739. The molecule has 1 aromatic carbocycles. The number of hydrogen-bond donors (Lipinski definition) is 1. The number of methoxy groups -OCH3 is 1. The highest BCUT2D eigenvalue weighted by Crippen LogP contribution is 2.09. The molecule has 2 rings (SSSR count). The highest BCUT2D eigenvalue weighted by Gasteiger charge is 2.25. The number of carbonyl (C=O) groups is 4. The summed E-state index contributed by atoms with van der Waals surface area (Å²) in [4.78, 5) is 49.8. The quantitative estimate of drug-likeness (QED) is 0.563. The number of nitrogens with one attached hydrogen (secondary N) is 1. The minimum absolute atomic E-state index is 0.0764. The summed E-state index contributed by atoms with van der Waals surface area (Å²) in [7, 11) is 1.31. The summed E-state index contributed by atoms with van der Waals surface area (Å²) in [5.74, 6) is -1.05. The van der Waals surface area contributed by atoms with Gasteiger partial charge in [-0.15, -0.1) is 0 Å². The van der Waals surface area contributed by atoms with Gasteiger partial charge in [-0.1, -0.05) is 18.7 Å². The zero-order valence-corrected chi connectivity index (χ0v) is 15.7. The molecule has 0 atom stereocenters. The minimum atomic E-state index is -0.468. The molecule has 1 saturated heterocycles. The van der Waals surface area contributed by atoms with Gasteiger partial charge in [-0.2, -0.15) is 0 Å². The number of esters is 1. The average Bonchev–Trinajstić information content (AvgIpc) is 2.75. The third-order valence-electron chi connectivity index (χ3n) is 4.23. The van der Waals surface area contributed by atoms with Crippen LogP contribution in [-0.2, 0) is 25.7 Å². The average molecular weight is 389 g/mol. The van der Waals surface area contributed by atoms with Gasteiger partial charge in [0.05, 0.1) is 19.2 Å². The van der Waals surface area contributed by atoms with Gasteiger partial charge in [-0.3, -0.25) is 9.59 Å². The lowest BCUT2D eigenvalue weighted by atomic mass is 10.1. The zero-order chi connectivity index (χ0) is 20.5. The van der Waals surface area contributed by atoms with Crippen LogP contribution < -0.4 is 5.32 Å². The Hall–Kier alpha value is -3.36. The van der Waals surface area contributed by atoms with Crippen LogP contribution >= 0.6 is 0 Å². The van der Waals surface area contributed by atoms with Crippen molar-refractivity contribution in [2.24, 2.45) is 0 Å². The van der Waals surface area contributed by atoms with Crippen LogP contribution in [0.3, 0.4) is 0 Å². The van der Waals surface area contributed by atoms with Crippen LogP contribution in [-0.4, -0.2) is 73.5 Å². The number of hydrogen-bond acceptors (Lipinski definition) is 6. The lowest BCUT2D eigenvalue weighted by Gasteiger charge is -2.34. The molecule has 0 aliphatic carbocycles. The monoisotopic (exact) mass is 389 g/mol. The summed E-state index contributed by atoms with van der Waals surface area (Å²) >= 11 is 0. The Morgan fingerprint density at radius 2 is 1.68 bits per heavy atom. The fraction of sp³-hybridized carbons (Fsp3) is 0.368. The van der Waals surface area contributed by atoms with Crippen molar-refractivity contribution in [1.82, 2.24) is 15.1 Å². The molecule has 150 valence electrons. The summed E-state index contributed by atoms with van der Waals surface area (Å²) in [6.07, 6.45) is 0.633. The van der Waals surface area contributed by atoms with Crippen molar-refractivity contribution in [3.05, 3.63) is 48.0 Å². The van der Waals surface area contributed by atoms with Crippen molar-refractivity contribution < 1.29 is 28.7 Å². The largest absolute Gasteiger partial charge is 0.465 e. The first kappa shape index (κ1) is 20.9. The van der Waals surface area contributed by atoms with Crippen LogP contribution in [0.2, 0.25) is 0 Å². The van der Waals surface area contributed by atoms with E-state index in [1.54, 1.807) is 29.2 Å². The fourth-order valence-corrected chi connectivity index (χ4v) is 2.58. The maximum Gasteiger partial charge on any atom is 0.410 e. The van der Waals surface area contributed by atoms with E-state index in [2.05, 4.69) is 16.6 Å². The van der Waals surface area contributed by atoms with Crippen LogP contribution in [0.15, 0.2) is 36.9 Å². The first-order valence-corrected chi connectivity index (χ1v) is 8.71.